The Balaban J connectivity index is 3.04. The smallest absolute Gasteiger partial charge is 0.267 e. The van der Waals surface area contributed by atoms with Crippen LogP contribution in [0.2, 0.25) is 0 Å². The van der Waals surface area contributed by atoms with Gasteiger partial charge in [0.05, 0.1) is 0 Å². The average molecular weight is 165 g/mol. The largest absolute Gasteiger partial charge is 0.364 e. The van der Waals surface area contributed by atoms with Crippen LogP contribution in [0.3, 0.4) is 0 Å². The average Bonchev–Trinajstić information content (AvgIpc) is 2.04. The lowest BCUT2D eigenvalue weighted by Crippen LogP contribution is -2.14. The van der Waals surface area contributed by atoms with Crippen molar-refractivity contribution < 1.29 is 4.79 Å². The SMILES string of the molecule is CC(C)c1nccc(C(N)=O)n1. The van der Waals surface area contributed by atoms with E-state index >= 15 is 0 Å². The van der Waals surface area contributed by atoms with Crippen LogP contribution >= 0.6 is 0 Å². The lowest BCUT2D eigenvalue weighted by molar-refractivity contribution is 0.0995. The monoisotopic (exact) mass is 165 g/mol. The summed E-state index contributed by atoms with van der Waals surface area (Å²) in [4.78, 5) is 18.7. The van der Waals surface area contributed by atoms with Crippen LogP contribution in [-0.4, -0.2) is 15.9 Å². The van der Waals surface area contributed by atoms with Crippen LogP contribution in [0, 0.1) is 0 Å². The summed E-state index contributed by atoms with van der Waals surface area (Å²) in [5.74, 6) is 0.343. The minimum atomic E-state index is -0.515. The van der Waals surface area contributed by atoms with Gasteiger partial charge in [-0.05, 0) is 6.07 Å². The molecule has 2 N–H and O–H groups in total. The maximum absolute atomic E-state index is 10.7. The fourth-order valence-electron chi connectivity index (χ4n) is 0.789. The highest BCUT2D eigenvalue weighted by atomic mass is 16.1. The molecule has 0 aromatic carbocycles. The second-order valence-electron chi connectivity index (χ2n) is 2.82. The van der Waals surface area contributed by atoms with Gasteiger partial charge in [-0.25, -0.2) is 9.97 Å². The molecule has 0 aliphatic carbocycles. The lowest BCUT2D eigenvalue weighted by atomic mass is 10.2. The Hall–Kier alpha value is -1.45. The summed E-state index contributed by atoms with van der Waals surface area (Å²) >= 11 is 0. The Kier molecular flexibility index (Phi) is 2.38. The molecule has 0 saturated heterocycles. The van der Waals surface area contributed by atoms with Crippen molar-refractivity contribution in [3.63, 3.8) is 0 Å². The maximum atomic E-state index is 10.7. The number of carbonyl (C=O) groups is 1. The standard InChI is InChI=1S/C8H11N3O/c1-5(2)8-10-4-3-6(11-8)7(9)12/h3-5H,1-2H3,(H2,9,12). The highest BCUT2D eigenvalue weighted by Crippen LogP contribution is 2.07. The summed E-state index contributed by atoms with van der Waals surface area (Å²) in [5.41, 5.74) is 5.33. The van der Waals surface area contributed by atoms with Crippen LogP contribution in [-0.2, 0) is 0 Å². The molecule has 4 nitrogen and oxygen atoms in total. The molecule has 0 bridgehead atoms. The fraction of sp³-hybridized carbons (Fsp3) is 0.375. The third-order valence-electron chi connectivity index (χ3n) is 1.44. The van der Waals surface area contributed by atoms with Crippen molar-refractivity contribution in [3.8, 4) is 0 Å². The summed E-state index contributed by atoms with van der Waals surface area (Å²) < 4.78 is 0. The first-order valence-corrected chi connectivity index (χ1v) is 3.74. The highest BCUT2D eigenvalue weighted by molar-refractivity contribution is 5.90. The van der Waals surface area contributed by atoms with Gasteiger partial charge in [-0.3, -0.25) is 4.79 Å². The van der Waals surface area contributed by atoms with Crippen LogP contribution in [0.25, 0.3) is 0 Å². The van der Waals surface area contributed by atoms with Gasteiger partial charge in [0.2, 0.25) is 0 Å². The Morgan fingerprint density at radius 2 is 2.25 bits per heavy atom. The van der Waals surface area contributed by atoms with Gasteiger partial charge in [0.15, 0.2) is 0 Å². The number of hydrogen-bond donors (Lipinski definition) is 1. The topological polar surface area (TPSA) is 68.9 Å². The molecular weight excluding hydrogens is 154 g/mol. The minimum Gasteiger partial charge on any atom is -0.364 e. The van der Waals surface area contributed by atoms with E-state index in [2.05, 4.69) is 9.97 Å². The number of nitrogens with two attached hydrogens (primary N) is 1. The van der Waals surface area contributed by atoms with Crippen molar-refractivity contribution in [2.24, 2.45) is 5.73 Å². The van der Waals surface area contributed by atoms with Crippen molar-refractivity contribution in [1.82, 2.24) is 9.97 Å². The molecule has 0 unspecified atom stereocenters. The predicted molar refractivity (Wildman–Crippen MR) is 44.6 cm³/mol. The van der Waals surface area contributed by atoms with Crippen LogP contribution in [0.15, 0.2) is 12.3 Å². The Labute approximate surface area is 70.8 Å². The van der Waals surface area contributed by atoms with E-state index in [0.29, 0.717) is 5.82 Å². The number of hydrogen-bond acceptors (Lipinski definition) is 3. The second-order valence-corrected chi connectivity index (χ2v) is 2.82. The van der Waals surface area contributed by atoms with E-state index in [1.165, 1.54) is 6.07 Å². The maximum Gasteiger partial charge on any atom is 0.267 e. The number of nitrogens with zero attached hydrogens (tertiary/aromatic N) is 2. The summed E-state index contributed by atoms with van der Waals surface area (Å²) in [5, 5.41) is 0. The molecule has 0 aliphatic rings. The van der Waals surface area contributed by atoms with E-state index in [9.17, 15) is 4.79 Å². The second kappa shape index (κ2) is 3.30. The summed E-state index contributed by atoms with van der Waals surface area (Å²) in [7, 11) is 0. The summed E-state index contributed by atoms with van der Waals surface area (Å²) in [6, 6.07) is 1.51. The third-order valence-corrected chi connectivity index (χ3v) is 1.44. The normalized spacial score (nSPS) is 10.2. The first-order valence-electron chi connectivity index (χ1n) is 3.74. The van der Waals surface area contributed by atoms with Crippen molar-refractivity contribution in [3.05, 3.63) is 23.8 Å². The zero-order valence-corrected chi connectivity index (χ0v) is 7.11. The van der Waals surface area contributed by atoms with E-state index in [1.807, 2.05) is 13.8 Å². The van der Waals surface area contributed by atoms with Gasteiger partial charge in [0.25, 0.3) is 5.91 Å². The molecule has 0 aliphatic heterocycles. The van der Waals surface area contributed by atoms with Crippen molar-refractivity contribution in [1.29, 1.82) is 0 Å². The fourth-order valence-corrected chi connectivity index (χ4v) is 0.789. The van der Waals surface area contributed by atoms with Crippen LogP contribution in [0.4, 0.5) is 0 Å². The van der Waals surface area contributed by atoms with E-state index < -0.39 is 5.91 Å². The lowest BCUT2D eigenvalue weighted by Gasteiger charge is -2.02. The van der Waals surface area contributed by atoms with Gasteiger partial charge in [-0.2, -0.15) is 0 Å². The molecule has 1 rings (SSSR count). The van der Waals surface area contributed by atoms with Gasteiger partial charge < -0.3 is 5.73 Å². The molecule has 1 aromatic heterocycles. The molecule has 0 radical (unpaired) electrons. The molecule has 1 aromatic rings. The molecule has 1 heterocycles. The molecule has 64 valence electrons. The molecule has 0 atom stereocenters. The number of primary amides is 1. The zero-order chi connectivity index (χ0) is 9.14. The zero-order valence-electron chi connectivity index (χ0n) is 7.11. The summed E-state index contributed by atoms with van der Waals surface area (Å²) in [6.07, 6.45) is 1.54. The van der Waals surface area contributed by atoms with E-state index in [0.717, 1.165) is 0 Å². The predicted octanol–water partition coefficient (Wildman–Crippen LogP) is 0.699. The Bertz CT molecular complexity index is 296. The Morgan fingerprint density at radius 3 is 2.75 bits per heavy atom. The van der Waals surface area contributed by atoms with Crippen LogP contribution in [0.5, 0.6) is 0 Å². The van der Waals surface area contributed by atoms with Crippen LogP contribution in [0.1, 0.15) is 36.1 Å². The molecule has 1 amide bonds. The van der Waals surface area contributed by atoms with Gasteiger partial charge in [0.1, 0.15) is 11.5 Å². The first-order chi connectivity index (χ1) is 5.61. The number of aromatic nitrogens is 2. The van der Waals surface area contributed by atoms with Crippen molar-refractivity contribution in [2.45, 2.75) is 19.8 Å². The minimum absolute atomic E-state index is 0.212. The van der Waals surface area contributed by atoms with Gasteiger partial charge >= 0.3 is 0 Å². The van der Waals surface area contributed by atoms with E-state index in [-0.39, 0.29) is 11.6 Å². The van der Waals surface area contributed by atoms with Crippen molar-refractivity contribution >= 4 is 5.91 Å². The third kappa shape index (κ3) is 1.78. The van der Waals surface area contributed by atoms with Gasteiger partial charge in [-0.15, -0.1) is 0 Å². The first kappa shape index (κ1) is 8.64. The molecule has 12 heavy (non-hydrogen) atoms. The van der Waals surface area contributed by atoms with Crippen molar-refractivity contribution in [2.75, 3.05) is 0 Å². The summed E-state index contributed by atoms with van der Waals surface area (Å²) in [6.45, 7) is 3.92. The number of amides is 1. The van der Waals surface area contributed by atoms with Gasteiger partial charge in [0, 0.05) is 12.1 Å². The number of rotatable bonds is 2. The van der Waals surface area contributed by atoms with Crippen LogP contribution < -0.4 is 5.73 Å². The molecule has 0 fully saturated rings. The quantitative estimate of drug-likeness (QED) is 0.701. The van der Waals surface area contributed by atoms with Gasteiger partial charge in [-0.1, -0.05) is 13.8 Å². The highest BCUT2D eigenvalue weighted by Gasteiger charge is 2.06. The molecule has 4 heteroatoms. The molecule has 0 saturated carbocycles. The molecule has 0 spiro atoms. The van der Waals surface area contributed by atoms with E-state index in [1.54, 1.807) is 6.20 Å². The van der Waals surface area contributed by atoms with E-state index in [4.69, 9.17) is 5.73 Å². The Morgan fingerprint density at radius 1 is 1.58 bits per heavy atom. The molecular formula is C8H11N3O. The number of carbonyl (C=O) groups excluding carboxylic acids is 1.